The Balaban J connectivity index is 0.00000144. The second-order valence-corrected chi connectivity index (χ2v) is 4.15. The first-order valence-electron chi connectivity index (χ1n) is 5.46. The van der Waals surface area contributed by atoms with Gasteiger partial charge in [0.1, 0.15) is 0 Å². The SMILES string of the molecule is CN(C)C(=O)CN1CCNc2ccccc21.Cl. The highest BCUT2D eigenvalue weighted by Crippen LogP contribution is 2.27. The molecule has 5 heteroatoms. The third kappa shape index (κ3) is 3.03. The lowest BCUT2D eigenvalue weighted by Gasteiger charge is -2.32. The highest BCUT2D eigenvalue weighted by Gasteiger charge is 2.18. The number of hydrogen-bond donors (Lipinski definition) is 1. The average Bonchev–Trinajstić information content (AvgIpc) is 2.29. The van der Waals surface area contributed by atoms with E-state index in [1.807, 2.05) is 24.3 Å². The molecule has 1 aliphatic heterocycles. The van der Waals surface area contributed by atoms with E-state index in [9.17, 15) is 4.79 Å². The second-order valence-electron chi connectivity index (χ2n) is 4.15. The minimum Gasteiger partial charge on any atom is -0.382 e. The fraction of sp³-hybridized carbons (Fsp3) is 0.417. The summed E-state index contributed by atoms with van der Waals surface area (Å²) in [6.45, 7) is 2.21. The van der Waals surface area contributed by atoms with Crippen LogP contribution in [0.2, 0.25) is 0 Å². The van der Waals surface area contributed by atoms with Gasteiger partial charge in [0, 0.05) is 27.2 Å². The van der Waals surface area contributed by atoms with E-state index in [0.29, 0.717) is 6.54 Å². The third-order valence-corrected chi connectivity index (χ3v) is 2.77. The van der Waals surface area contributed by atoms with Crippen LogP contribution in [-0.2, 0) is 4.79 Å². The fourth-order valence-electron chi connectivity index (χ4n) is 1.81. The van der Waals surface area contributed by atoms with Gasteiger partial charge in [-0.15, -0.1) is 12.4 Å². The van der Waals surface area contributed by atoms with Crippen molar-refractivity contribution in [1.82, 2.24) is 4.90 Å². The van der Waals surface area contributed by atoms with E-state index in [2.05, 4.69) is 10.2 Å². The molecule has 0 atom stereocenters. The summed E-state index contributed by atoms with van der Waals surface area (Å²) < 4.78 is 0. The van der Waals surface area contributed by atoms with E-state index in [1.165, 1.54) is 0 Å². The molecule has 1 amide bonds. The van der Waals surface area contributed by atoms with E-state index in [4.69, 9.17) is 0 Å². The van der Waals surface area contributed by atoms with E-state index in [1.54, 1.807) is 19.0 Å². The zero-order valence-electron chi connectivity index (χ0n) is 10.1. The molecule has 1 aromatic rings. The molecule has 0 bridgehead atoms. The van der Waals surface area contributed by atoms with Gasteiger partial charge < -0.3 is 15.1 Å². The smallest absolute Gasteiger partial charge is 0.241 e. The van der Waals surface area contributed by atoms with Gasteiger partial charge in [-0.1, -0.05) is 12.1 Å². The largest absolute Gasteiger partial charge is 0.382 e. The fourth-order valence-corrected chi connectivity index (χ4v) is 1.81. The zero-order chi connectivity index (χ0) is 11.5. The third-order valence-electron chi connectivity index (χ3n) is 2.77. The van der Waals surface area contributed by atoms with E-state index in [0.717, 1.165) is 24.5 Å². The topological polar surface area (TPSA) is 35.6 Å². The molecule has 17 heavy (non-hydrogen) atoms. The maximum atomic E-state index is 11.7. The van der Waals surface area contributed by atoms with Gasteiger partial charge in [-0.3, -0.25) is 4.79 Å². The zero-order valence-corrected chi connectivity index (χ0v) is 11.0. The molecule has 1 aliphatic rings. The monoisotopic (exact) mass is 255 g/mol. The summed E-state index contributed by atoms with van der Waals surface area (Å²) >= 11 is 0. The molecule has 94 valence electrons. The number of fused-ring (bicyclic) bond motifs is 1. The Morgan fingerprint density at radius 1 is 1.41 bits per heavy atom. The van der Waals surface area contributed by atoms with Crippen LogP contribution in [0.15, 0.2) is 24.3 Å². The standard InChI is InChI=1S/C12H17N3O.ClH/c1-14(2)12(16)9-15-8-7-13-10-5-3-4-6-11(10)15;/h3-6,13H,7-9H2,1-2H3;1H. The number of amides is 1. The number of likely N-dealkylation sites (N-methyl/N-ethyl adjacent to an activating group) is 1. The van der Waals surface area contributed by atoms with Crippen molar-refractivity contribution in [3.05, 3.63) is 24.3 Å². The summed E-state index contributed by atoms with van der Waals surface area (Å²) in [5, 5.41) is 3.33. The van der Waals surface area contributed by atoms with E-state index >= 15 is 0 Å². The molecule has 0 aliphatic carbocycles. The van der Waals surface area contributed by atoms with Gasteiger partial charge in [0.05, 0.1) is 17.9 Å². The van der Waals surface area contributed by atoms with Crippen LogP contribution in [0.4, 0.5) is 11.4 Å². The number of halogens is 1. The number of para-hydroxylation sites is 2. The summed E-state index contributed by atoms with van der Waals surface area (Å²) in [5.41, 5.74) is 2.23. The van der Waals surface area contributed by atoms with Crippen LogP contribution in [0.5, 0.6) is 0 Å². The molecule has 4 nitrogen and oxygen atoms in total. The lowest BCUT2D eigenvalue weighted by molar-refractivity contribution is -0.127. The number of nitrogens with one attached hydrogen (secondary N) is 1. The van der Waals surface area contributed by atoms with Crippen molar-refractivity contribution in [1.29, 1.82) is 0 Å². The average molecular weight is 256 g/mol. The molecule has 0 aromatic heterocycles. The van der Waals surface area contributed by atoms with Crippen molar-refractivity contribution in [3.63, 3.8) is 0 Å². The quantitative estimate of drug-likeness (QED) is 0.869. The number of anilines is 2. The Kier molecular flexibility index (Phi) is 4.63. The summed E-state index contributed by atoms with van der Waals surface area (Å²) in [5.74, 6) is 0.136. The van der Waals surface area contributed by atoms with Gasteiger partial charge in [0.2, 0.25) is 5.91 Å². The second kappa shape index (κ2) is 5.77. The molecule has 0 saturated carbocycles. The molecule has 0 spiro atoms. The van der Waals surface area contributed by atoms with Gasteiger partial charge in [0.15, 0.2) is 0 Å². The van der Waals surface area contributed by atoms with Gasteiger partial charge in [-0.2, -0.15) is 0 Å². The summed E-state index contributed by atoms with van der Waals surface area (Å²) in [7, 11) is 3.58. The Morgan fingerprint density at radius 2 is 2.12 bits per heavy atom. The molecule has 0 fully saturated rings. The van der Waals surface area contributed by atoms with Crippen LogP contribution in [0.3, 0.4) is 0 Å². The molecule has 1 N–H and O–H groups in total. The molecule has 0 unspecified atom stereocenters. The predicted octanol–water partition coefficient (Wildman–Crippen LogP) is 1.43. The lowest BCUT2D eigenvalue weighted by Crippen LogP contribution is -2.41. The number of rotatable bonds is 2. The Bertz CT molecular complexity index is 395. The van der Waals surface area contributed by atoms with Crippen LogP contribution in [0.1, 0.15) is 0 Å². The van der Waals surface area contributed by atoms with Crippen molar-refractivity contribution >= 4 is 29.7 Å². The Labute approximate surface area is 108 Å². The van der Waals surface area contributed by atoms with Crippen molar-refractivity contribution < 1.29 is 4.79 Å². The van der Waals surface area contributed by atoms with Crippen LogP contribution in [-0.4, -0.2) is 44.5 Å². The first kappa shape index (κ1) is 13.6. The first-order valence-corrected chi connectivity index (χ1v) is 5.46. The summed E-state index contributed by atoms with van der Waals surface area (Å²) in [4.78, 5) is 15.4. The number of benzene rings is 1. The van der Waals surface area contributed by atoms with Crippen molar-refractivity contribution in [2.24, 2.45) is 0 Å². The Hall–Kier alpha value is -1.42. The normalized spacial score (nSPS) is 13.2. The number of carbonyl (C=O) groups excluding carboxylic acids is 1. The van der Waals surface area contributed by atoms with Gasteiger partial charge in [-0.25, -0.2) is 0 Å². The van der Waals surface area contributed by atoms with Gasteiger partial charge >= 0.3 is 0 Å². The minimum absolute atomic E-state index is 0. The number of hydrogen-bond acceptors (Lipinski definition) is 3. The van der Waals surface area contributed by atoms with E-state index < -0.39 is 0 Å². The van der Waals surface area contributed by atoms with Crippen molar-refractivity contribution in [2.75, 3.05) is 43.9 Å². The van der Waals surface area contributed by atoms with Crippen LogP contribution < -0.4 is 10.2 Å². The molecule has 1 aromatic carbocycles. The molecule has 0 saturated heterocycles. The summed E-state index contributed by atoms with van der Waals surface area (Å²) in [6, 6.07) is 8.09. The highest BCUT2D eigenvalue weighted by atomic mass is 35.5. The van der Waals surface area contributed by atoms with E-state index in [-0.39, 0.29) is 18.3 Å². The number of nitrogens with zero attached hydrogens (tertiary/aromatic N) is 2. The van der Waals surface area contributed by atoms with Gasteiger partial charge in [0.25, 0.3) is 0 Å². The Morgan fingerprint density at radius 3 is 2.82 bits per heavy atom. The molecule has 2 rings (SSSR count). The molecule has 0 radical (unpaired) electrons. The van der Waals surface area contributed by atoms with Crippen molar-refractivity contribution in [3.8, 4) is 0 Å². The predicted molar refractivity (Wildman–Crippen MR) is 73.1 cm³/mol. The van der Waals surface area contributed by atoms with Crippen LogP contribution in [0.25, 0.3) is 0 Å². The molecular formula is C12H18ClN3O. The lowest BCUT2D eigenvalue weighted by atomic mass is 10.2. The summed E-state index contributed by atoms with van der Waals surface area (Å²) in [6.07, 6.45) is 0. The van der Waals surface area contributed by atoms with Gasteiger partial charge in [-0.05, 0) is 12.1 Å². The molecule has 1 heterocycles. The molecular weight excluding hydrogens is 238 g/mol. The number of carbonyl (C=O) groups is 1. The maximum Gasteiger partial charge on any atom is 0.241 e. The maximum absolute atomic E-state index is 11.7. The van der Waals surface area contributed by atoms with Crippen LogP contribution in [0, 0.1) is 0 Å². The van der Waals surface area contributed by atoms with Crippen molar-refractivity contribution in [2.45, 2.75) is 0 Å². The minimum atomic E-state index is 0. The highest BCUT2D eigenvalue weighted by molar-refractivity contribution is 5.85. The van der Waals surface area contributed by atoms with Crippen LogP contribution >= 0.6 is 12.4 Å². The first-order chi connectivity index (χ1) is 7.68.